The van der Waals surface area contributed by atoms with Crippen molar-refractivity contribution in [3.63, 3.8) is 0 Å². The maximum Gasteiger partial charge on any atom is 0.287 e. The smallest absolute Gasteiger partial charge is 0.287 e. The third kappa shape index (κ3) is 4.27. The topological polar surface area (TPSA) is 52.0 Å². The summed E-state index contributed by atoms with van der Waals surface area (Å²) in [6.45, 7) is 1.97. The zero-order valence-electron chi connectivity index (χ0n) is 13.5. The van der Waals surface area contributed by atoms with Crippen LogP contribution in [0.2, 0.25) is 0 Å². The normalized spacial score (nSPS) is 10.6. The summed E-state index contributed by atoms with van der Waals surface area (Å²) in [6.07, 6.45) is 3.19. The molecule has 4 nitrogen and oxygen atoms in total. The summed E-state index contributed by atoms with van der Waals surface area (Å²) >= 11 is 4.54. The highest BCUT2D eigenvalue weighted by Gasteiger charge is 2.11. The molecule has 3 aromatic rings. The molecule has 0 radical (unpaired) electrons. The second-order valence-electron chi connectivity index (χ2n) is 5.46. The van der Waals surface area contributed by atoms with E-state index in [4.69, 9.17) is 0 Å². The summed E-state index contributed by atoms with van der Waals surface area (Å²) in [6, 6.07) is 14.8. The van der Waals surface area contributed by atoms with Crippen LogP contribution in [-0.2, 0) is 0 Å². The van der Waals surface area contributed by atoms with Gasteiger partial charge in [0.25, 0.3) is 5.56 Å². The van der Waals surface area contributed by atoms with E-state index in [1.54, 1.807) is 24.5 Å². The molecule has 0 atom stereocenters. The van der Waals surface area contributed by atoms with E-state index >= 15 is 0 Å². The number of rotatable bonds is 5. The Labute approximate surface area is 158 Å². The average Bonchev–Trinajstić information content (AvgIpc) is 2.62. The van der Waals surface area contributed by atoms with Gasteiger partial charge in [-0.25, -0.2) is 4.98 Å². The standard InChI is InChI=1S/C19H15BrN2O2S/c1-13-2-4-14(5-3-13)17(23)12-25-18-19(24)22(11-10-21-18)16-8-6-15(20)7-9-16/h2-11H,12H2,1H3. The fourth-order valence-corrected chi connectivity index (χ4v) is 3.31. The molecule has 6 heteroatoms. The molecule has 0 N–H and O–H groups in total. The Morgan fingerprint density at radius 3 is 2.48 bits per heavy atom. The van der Waals surface area contributed by atoms with Gasteiger partial charge in [-0.15, -0.1) is 0 Å². The van der Waals surface area contributed by atoms with Gasteiger partial charge in [-0.2, -0.15) is 0 Å². The van der Waals surface area contributed by atoms with Crippen LogP contribution in [0, 0.1) is 6.92 Å². The average molecular weight is 415 g/mol. The van der Waals surface area contributed by atoms with Gasteiger partial charge >= 0.3 is 0 Å². The fraction of sp³-hybridized carbons (Fsp3) is 0.105. The van der Waals surface area contributed by atoms with Crippen LogP contribution in [0.15, 0.2) is 75.2 Å². The van der Waals surface area contributed by atoms with Gasteiger partial charge in [-0.1, -0.05) is 57.5 Å². The molecule has 0 bridgehead atoms. The molecule has 0 aliphatic heterocycles. The van der Waals surface area contributed by atoms with Crippen LogP contribution < -0.4 is 5.56 Å². The Morgan fingerprint density at radius 1 is 1.12 bits per heavy atom. The van der Waals surface area contributed by atoms with E-state index in [1.165, 1.54) is 4.57 Å². The van der Waals surface area contributed by atoms with Gasteiger partial charge in [-0.3, -0.25) is 14.2 Å². The van der Waals surface area contributed by atoms with Crippen LogP contribution in [-0.4, -0.2) is 21.1 Å². The minimum Gasteiger partial charge on any atom is -0.293 e. The molecule has 0 unspecified atom stereocenters. The first kappa shape index (κ1) is 17.6. The van der Waals surface area contributed by atoms with Crippen molar-refractivity contribution >= 4 is 33.5 Å². The first-order valence-corrected chi connectivity index (χ1v) is 9.39. The summed E-state index contributed by atoms with van der Waals surface area (Å²) in [5, 5.41) is 0.311. The van der Waals surface area contributed by atoms with E-state index in [0.717, 1.165) is 27.5 Å². The third-order valence-corrected chi connectivity index (χ3v) is 5.12. The number of carbonyl (C=O) groups is 1. The Kier molecular flexibility index (Phi) is 5.50. The summed E-state index contributed by atoms with van der Waals surface area (Å²) in [7, 11) is 0. The first-order valence-electron chi connectivity index (χ1n) is 7.61. The zero-order chi connectivity index (χ0) is 17.8. The maximum absolute atomic E-state index is 12.6. The molecule has 0 fully saturated rings. The van der Waals surface area contributed by atoms with E-state index in [-0.39, 0.29) is 17.1 Å². The molecule has 3 rings (SSSR count). The Balaban J connectivity index is 1.78. The van der Waals surface area contributed by atoms with Crippen molar-refractivity contribution in [2.75, 3.05) is 5.75 Å². The predicted octanol–water partition coefficient (Wildman–Crippen LogP) is 4.28. The van der Waals surface area contributed by atoms with Crippen molar-refractivity contribution in [3.8, 4) is 5.69 Å². The number of thioether (sulfide) groups is 1. The van der Waals surface area contributed by atoms with Crippen molar-refractivity contribution < 1.29 is 4.79 Å². The number of carbonyl (C=O) groups excluding carboxylic acids is 1. The highest BCUT2D eigenvalue weighted by Crippen LogP contribution is 2.16. The number of benzene rings is 2. The summed E-state index contributed by atoms with van der Waals surface area (Å²) in [4.78, 5) is 29.0. The van der Waals surface area contributed by atoms with E-state index in [9.17, 15) is 9.59 Å². The number of nitrogens with zero attached hydrogens (tertiary/aromatic N) is 2. The van der Waals surface area contributed by atoms with Crippen LogP contribution in [0.4, 0.5) is 0 Å². The molecule has 1 heterocycles. The SMILES string of the molecule is Cc1ccc(C(=O)CSc2nccn(-c3ccc(Br)cc3)c2=O)cc1. The van der Waals surface area contributed by atoms with Crippen LogP contribution in [0.1, 0.15) is 15.9 Å². The molecular weight excluding hydrogens is 400 g/mol. The number of aromatic nitrogens is 2. The summed E-state index contributed by atoms with van der Waals surface area (Å²) in [5.74, 6) is 0.153. The monoisotopic (exact) mass is 414 g/mol. The molecule has 0 saturated carbocycles. The lowest BCUT2D eigenvalue weighted by molar-refractivity contribution is 0.102. The van der Waals surface area contributed by atoms with Gasteiger partial charge in [0.2, 0.25) is 0 Å². The molecule has 0 aliphatic rings. The van der Waals surface area contributed by atoms with Gasteiger partial charge < -0.3 is 0 Å². The van der Waals surface area contributed by atoms with Gasteiger partial charge in [0.15, 0.2) is 10.8 Å². The fourth-order valence-electron chi connectivity index (χ4n) is 2.25. The molecule has 0 saturated heterocycles. The zero-order valence-corrected chi connectivity index (χ0v) is 15.9. The lowest BCUT2D eigenvalue weighted by atomic mass is 10.1. The number of ketones is 1. The summed E-state index contributed by atoms with van der Waals surface area (Å²) in [5.41, 5.74) is 2.27. The quantitative estimate of drug-likeness (QED) is 0.461. The minimum absolute atomic E-state index is 0.0229. The number of Topliss-reactive ketones (excluding diaryl/α,β-unsaturated/α-hetero) is 1. The van der Waals surface area contributed by atoms with E-state index < -0.39 is 0 Å². The third-order valence-electron chi connectivity index (χ3n) is 3.63. The van der Waals surface area contributed by atoms with E-state index in [1.807, 2.05) is 43.3 Å². The molecule has 126 valence electrons. The molecule has 0 spiro atoms. The van der Waals surface area contributed by atoms with Crippen molar-refractivity contribution in [1.29, 1.82) is 0 Å². The van der Waals surface area contributed by atoms with Crippen molar-refractivity contribution in [2.45, 2.75) is 11.9 Å². The van der Waals surface area contributed by atoms with E-state index in [0.29, 0.717) is 10.6 Å². The first-order chi connectivity index (χ1) is 12.0. The van der Waals surface area contributed by atoms with Crippen LogP contribution in [0.5, 0.6) is 0 Å². The van der Waals surface area contributed by atoms with Crippen molar-refractivity contribution in [3.05, 3.63) is 86.9 Å². The molecule has 0 aliphatic carbocycles. The predicted molar refractivity (Wildman–Crippen MR) is 104 cm³/mol. The number of hydrogen-bond acceptors (Lipinski definition) is 4. The maximum atomic E-state index is 12.6. The van der Waals surface area contributed by atoms with Gasteiger partial charge in [0.05, 0.1) is 5.75 Å². The molecule has 0 amide bonds. The molecule has 2 aromatic carbocycles. The summed E-state index contributed by atoms with van der Waals surface area (Å²) < 4.78 is 2.47. The number of halogens is 1. The van der Waals surface area contributed by atoms with Crippen molar-refractivity contribution in [2.24, 2.45) is 0 Å². The highest BCUT2D eigenvalue weighted by atomic mass is 79.9. The molecule has 25 heavy (non-hydrogen) atoms. The number of aryl methyl sites for hydroxylation is 1. The Bertz CT molecular complexity index is 950. The Morgan fingerprint density at radius 2 is 1.80 bits per heavy atom. The second-order valence-corrected chi connectivity index (χ2v) is 7.34. The van der Waals surface area contributed by atoms with Gasteiger partial charge in [0, 0.05) is 28.1 Å². The van der Waals surface area contributed by atoms with Crippen LogP contribution in [0.3, 0.4) is 0 Å². The van der Waals surface area contributed by atoms with E-state index in [2.05, 4.69) is 20.9 Å². The van der Waals surface area contributed by atoms with Gasteiger partial charge in [-0.05, 0) is 31.2 Å². The Hall–Kier alpha value is -2.18. The van der Waals surface area contributed by atoms with Crippen molar-refractivity contribution in [1.82, 2.24) is 9.55 Å². The molecular formula is C19H15BrN2O2S. The van der Waals surface area contributed by atoms with Crippen LogP contribution in [0.25, 0.3) is 5.69 Å². The number of hydrogen-bond donors (Lipinski definition) is 0. The highest BCUT2D eigenvalue weighted by molar-refractivity contribution is 9.10. The lowest BCUT2D eigenvalue weighted by Crippen LogP contribution is -2.21. The second kappa shape index (κ2) is 7.80. The molecule has 1 aromatic heterocycles. The minimum atomic E-state index is -0.230. The lowest BCUT2D eigenvalue weighted by Gasteiger charge is -2.07. The van der Waals surface area contributed by atoms with Crippen LogP contribution >= 0.6 is 27.7 Å². The van der Waals surface area contributed by atoms with Gasteiger partial charge in [0.1, 0.15) is 0 Å². The largest absolute Gasteiger partial charge is 0.293 e.